The standard InChI is InChI=1S/C16H20N2O2/c19-13-8-11-5-6-12(9-13)18(11)16(20)15-7-10-3-1-2-4-14(10)17-15/h1-4,11-13,15,17,19H,5-9H2/t11?,12?,13?,15-/m0/s1. The molecule has 2 bridgehead atoms. The number of aliphatic hydroxyl groups is 1. The van der Waals surface area contributed by atoms with Gasteiger partial charge in [0.1, 0.15) is 6.04 Å². The minimum atomic E-state index is -0.217. The summed E-state index contributed by atoms with van der Waals surface area (Å²) < 4.78 is 0. The Kier molecular flexibility index (Phi) is 2.74. The van der Waals surface area contributed by atoms with Crippen molar-refractivity contribution in [1.29, 1.82) is 0 Å². The molecule has 3 heterocycles. The number of amides is 1. The zero-order chi connectivity index (χ0) is 13.7. The van der Waals surface area contributed by atoms with E-state index in [-0.39, 0.29) is 30.1 Å². The molecular formula is C16H20N2O2. The molecule has 4 nitrogen and oxygen atoms in total. The first kappa shape index (κ1) is 12.2. The maximum absolute atomic E-state index is 12.8. The Morgan fingerprint density at radius 3 is 2.60 bits per heavy atom. The van der Waals surface area contributed by atoms with Gasteiger partial charge >= 0.3 is 0 Å². The van der Waals surface area contributed by atoms with Crippen LogP contribution in [-0.4, -0.2) is 40.1 Å². The van der Waals surface area contributed by atoms with Crippen molar-refractivity contribution < 1.29 is 9.90 Å². The number of piperidine rings is 1. The molecule has 2 saturated heterocycles. The number of benzene rings is 1. The maximum Gasteiger partial charge on any atom is 0.245 e. The first-order chi connectivity index (χ1) is 9.72. The van der Waals surface area contributed by atoms with Crippen LogP contribution in [0.25, 0.3) is 0 Å². The smallest absolute Gasteiger partial charge is 0.245 e. The topological polar surface area (TPSA) is 52.6 Å². The molecule has 3 aliphatic rings. The van der Waals surface area contributed by atoms with E-state index in [1.54, 1.807) is 0 Å². The summed E-state index contributed by atoms with van der Waals surface area (Å²) in [5.74, 6) is 0.223. The minimum Gasteiger partial charge on any atom is -0.393 e. The fraction of sp³-hybridized carbons (Fsp3) is 0.562. The van der Waals surface area contributed by atoms with Crippen molar-refractivity contribution in [2.45, 2.75) is 56.3 Å². The molecule has 2 N–H and O–H groups in total. The summed E-state index contributed by atoms with van der Waals surface area (Å²) in [6, 6.07) is 8.53. The van der Waals surface area contributed by atoms with Crippen molar-refractivity contribution in [2.75, 3.05) is 5.32 Å². The lowest BCUT2D eigenvalue weighted by atomic mass is 9.98. The molecule has 106 valence electrons. The Morgan fingerprint density at radius 2 is 1.90 bits per heavy atom. The Balaban J connectivity index is 1.52. The van der Waals surface area contributed by atoms with E-state index < -0.39 is 0 Å². The van der Waals surface area contributed by atoms with Gasteiger partial charge in [-0.3, -0.25) is 4.79 Å². The number of nitrogens with zero attached hydrogens (tertiary/aromatic N) is 1. The molecule has 2 unspecified atom stereocenters. The number of nitrogens with one attached hydrogen (secondary N) is 1. The van der Waals surface area contributed by atoms with E-state index in [4.69, 9.17) is 0 Å². The third kappa shape index (κ3) is 1.82. The number of hydrogen-bond acceptors (Lipinski definition) is 3. The van der Waals surface area contributed by atoms with Crippen molar-refractivity contribution in [2.24, 2.45) is 0 Å². The van der Waals surface area contributed by atoms with E-state index in [9.17, 15) is 9.90 Å². The highest BCUT2D eigenvalue weighted by Crippen LogP contribution is 2.37. The largest absolute Gasteiger partial charge is 0.393 e. The first-order valence-electron chi connectivity index (χ1n) is 7.57. The van der Waals surface area contributed by atoms with Crippen molar-refractivity contribution in [1.82, 2.24) is 4.90 Å². The minimum absolute atomic E-state index is 0.120. The zero-order valence-electron chi connectivity index (χ0n) is 11.5. The lowest BCUT2D eigenvalue weighted by Crippen LogP contribution is -2.52. The van der Waals surface area contributed by atoms with E-state index >= 15 is 0 Å². The van der Waals surface area contributed by atoms with Gasteiger partial charge in [0.15, 0.2) is 0 Å². The highest BCUT2D eigenvalue weighted by molar-refractivity contribution is 5.88. The number of rotatable bonds is 1. The Bertz CT molecular complexity index is 506. The summed E-state index contributed by atoms with van der Waals surface area (Å²) in [6.07, 6.45) is 4.17. The molecule has 1 aromatic carbocycles. The van der Waals surface area contributed by atoms with Crippen LogP contribution in [-0.2, 0) is 11.2 Å². The Morgan fingerprint density at radius 1 is 1.20 bits per heavy atom. The van der Waals surface area contributed by atoms with Crippen LogP contribution < -0.4 is 5.32 Å². The summed E-state index contributed by atoms with van der Waals surface area (Å²) in [7, 11) is 0. The van der Waals surface area contributed by atoms with Crippen molar-refractivity contribution in [3.8, 4) is 0 Å². The fourth-order valence-corrected chi connectivity index (χ4v) is 4.13. The van der Waals surface area contributed by atoms with Crippen LogP contribution in [0, 0.1) is 0 Å². The lowest BCUT2D eigenvalue weighted by Gasteiger charge is -2.38. The molecular weight excluding hydrogens is 252 g/mol. The molecule has 1 amide bonds. The van der Waals surface area contributed by atoms with Gasteiger partial charge < -0.3 is 15.3 Å². The number of para-hydroxylation sites is 1. The third-order valence-corrected chi connectivity index (χ3v) is 5.03. The zero-order valence-corrected chi connectivity index (χ0v) is 11.5. The summed E-state index contributed by atoms with van der Waals surface area (Å²) in [5, 5.41) is 13.2. The van der Waals surface area contributed by atoms with Crippen LogP contribution in [0.2, 0.25) is 0 Å². The molecule has 0 radical (unpaired) electrons. The summed E-state index contributed by atoms with van der Waals surface area (Å²) in [4.78, 5) is 14.9. The highest BCUT2D eigenvalue weighted by atomic mass is 16.3. The predicted molar refractivity (Wildman–Crippen MR) is 76.5 cm³/mol. The van der Waals surface area contributed by atoms with Crippen LogP contribution in [0.5, 0.6) is 0 Å². The van der Waals surface area contributed by atoms with Crippen LogP contribution in [0.4, 0.5) is 5.69 Å². The maximum atomic E-state index is 12.8. The normalized spacial score (nSPS) is 34.8. The van der Waals surface area contributed by atoms with Gasteiger partial charge in [-0.2, -0.15) is 0 Å². The van der Waals surface area contributed by atoms with Gasteiger partial charge in [-0.1, -0.05) is 18.2 Å². The number of carbonyl (C=O) groups is 1. The molecule has 0 aliphatic carbocycles. The van der Waals surface area contributed by atoms with E-state index in [1.165, 1.54) is 5.56 Å². The molecule has 4 heteroatoms. The average molecular weight is 272 g/mol. The Hall–Kier alpha value is -1.55. The number of hydrogen-bond donors (Lipinski definition) is 2. The highest BCUT2D eigenvalue weighted by Gasteiger charge is 2.45. The van der Waals surface area contributed by atoms with Crippen LogP contribution in [0.15, 0.2) is 24.3 Å². The summed E-state index contributed by atoms with van der Waals surface area (Å²) in [6.45, 7) is 0. The number of fused-ring (bicyclic) bond motifs is 3. The van der Waals surface area contributed by atoms with E-state index in [0.717, 1.165) is 37.8 Å². The number of carbonyl (C=O) groups excluding carboxylic acids is 1. The molecule has 0 aromatic heterocycles. The monoisotopic (exact) mass is 272 g/mol. The Labute approximate surface area is 118 Å². The van der Waals surface area contributed by atoms with Gasteiger partial charge in [-0.05, 0) is 37.3 Å². The molecule has 3 atom stereocenters. The quantitative estimate of drug-likeness (QED) is 0.815. The average Bonchev–Trinajstić information content (AvgIpc) is 2.98. The van der Waals surface area contributed by atoms with Gasteiger partial charge in [0.25, 0.3) is 0 Å². The number of anilines is 1. The SMILES string of the molecule is O=C([C@@H]1Cc2ccccc2N1)N1C2CCC1CC(O)C2. The molecule has 0 saturated carbocycles. The second-order valence-corrected chi connectivity index (χ2v) is 6.31. The second-order valence-electron chi connectivity index (χ2n) is 6.31. The molecule has 1 aromatic rings. The summed E-state index contributed by atoms with van der Waals surface area (Å²) in [5.41, 5.74) is 2.32. The third-order valence-electron chi connectivity index (χ3n) is 5.03. The fourth-order valence-electron chi connectivity index (χ4n) is 4.13. The first-order valence-corrected chi connectivity index (χ1v) is 7.57. The van der Waals surface area contributed by atoms with Crippen LogP contribution in [0.1, 0.15) is 31.2 Å². The summed E-state index contributed by atoms with van der Waals surface area (Å²) >= 11 is 0. The molecule has 3 aliphatic heterocycles. The molecule has 0 spiro atoms. The van der Waals surface area contributed by atoms with Crippen LogP contribution >= 0.6 is 0 Å². The number of aliphatic hydroxyl groups excluding tert-OH is 1. The molecule has 4 rings (SSSR count). The van der Waals surface area contributed by atoms with Crippen LogP contribution in [0.3, 0.4) is 0 Å². The molecule has 20 heavy (non-hydrogen) atoms. The van der Waals surface area contributed by atoms with E-state index in [2.05, 4.69) is 16.3 Å². The predicted octanol–water partition coefficient (Wildman–Crippen LogP) is 1.54. The second kappa shape index (κ2) is 4.48. The van der Waals surface area contributed by atoms with Crippen molar-refractivity contribution in [3.63, 3.8) is 0 Å². The molecule has 2 fully saturated rings. The van der Waals surface area contributed by atoms with E-state index in [0.29, 0.717) is 0 Å². The van der Waals surface area contributed by atoms with Gasteiger partial charge in [0, 0.05) is 24.2 Å². The van der Waals surface area contributed by atoms with Gasteiger partial charge in [0.05, 0.1) is 6.10 Å². The lowest BCUT2D eigenvalue weighted by molar-refractivity contribution is -0.138. The van der Waals surface area contributed by atoms with Gasteiger partial charge in [0.2, 0.25) is 5.91 Å². The van der Waals surface area contributed by atoms with Gasteiger partial charge in [-0.25, -0.2) is 0 Å². The van der Waals surface area contributed by atoms with Crippen molar-refractivity contribution in [3.05, 3.63) is 29.8 Å². The van der Waals surface area contributed by atoms with E-state index in [1.807, 2.05) is 18.2 Å². The van der Waals surface area contributed by atoms with Gasteiger partial charge in [-0.15, -0.1) is 0 Å². The van der Waals surface area contributed by atoms with Crippen molar-refractivity contribution >= 4 is 11.6 Å².